The Balaban J connectivity index is 1.94. The molecule has 0 amide bonds. The van der Waals surface area contributed by atoms with E-state index in [1.54, 1.807) is 0 Å². The summed E-state index contributed by atoms with van der Waals surface area (Å²) < 4.78 is 16.5. The van der Waals surface area contributed by atoms with Crippen LogP contribution >= 0.6 is 0 Å². The van der Waals surface area contributed by atoms with Gasteiger partial charge in [0, 0.05) is 11.1 Å². The van der Waals surface area contributed by atoms with Crippen molar-refractivity contribution in [1.29, 1.82) is 5.26 Å². The van der Waals surface area contributed by atoms with Crippen molar-refractivity contribution in [3.05, 3.63) is 46.5 Å². The zero-order valence-electron chi connectivity index (χ0n) is 14.2. The van der Waals surface area contributed by atoms with E-state index in [9.17, 15) is 5.26 Å². The van der Waals surface area contributed by atoms with Crippen molar-refractivity contribution in [3.63, 3.8) is 0 Å². The minimum absolute atomic E-state index is 0.0737. The van der Waals surface area contributed by atoms with Gasteiger partial charge < -0.3 is 19.9 Å². The Morgan fingerprint density at radius 2 is 2.04 bits per heavy atom. The molecule has 0 radical (unpaired) electrons. The van der Waals surface area contributed by atoms with Gasteiger partial charge in [-0.25, -0.2) is 0 Å². The Hall–Kier alpha value is -3.14. The second-order valence-corrected chi connectivity index (χ2v) is 7.10. The molecule has 4 rings (SSSR count). The minimum atomic E-state index is -0.378. The average molecular weight is 338 g/mol. The molecule has 3 N–H and O–H groups in total. The highest BCUT2D eigenvalue weighted by molar-refractivity contribution is 5.58. The van der Waals surface area contributed by atoms with Crippen LogP contribution in [0.15, 0.2) is 29.7 Å². The molecule has 2 aliphatic rings. The summed E-state index contributed by atoms with van der Waals surface area (Å²) in [6.45, 7) is 6.42. The predicted octanol–water partition coefficient (Wildman–Crippen LogP) is 2.65. The number of aromatic nitrogens is 2. The molecular formula is C18H18N4O3. The maximum absolute atomic E-state index is 9.69. The number of ether oxygens (including phenoxy) is 3. The molecule has 0 saturated carbocycles. The summed E-state index contributed by atoms with van der Waals surface area (Å²) in [5, 5.41) is 17.0. The van der Waals surface area contributed by atoms with Gasteiger partial charge in [-0.15, -0.1) is 5.10 Å². The van der Waals surface area contributed by atoms with E-state index >= 15 is 0 Å². The van der Waals surface area contributed by atoms with Crippen molar-refractivity contribution in [2.45, 2.75) is 32.1 Å². The van der Waals surface area contributed by atoms with Crippen LogP contribution in [0, 0.1) is 11.3 Å². The smallest absolute Gasteiger partial charge is 0.244 e. The van der Waals surface area contributed by atoms with Crippen molar-refractivity contribution in [2.75, 3.05) is 6.79 Å². The van der Waals surface area contributed by atoms with E-state index in [-0.39, 0.29) is 24.0 Å². The second-order valence-electron chi connectivity index (χ2n) is 7.10. The highest BCUT2D eigenvalue weighted by Gasteiger charge is 2.38. The maximum atomic E-state index is 9.69. The number of benzene rings is 1. The number of rotatable bonds is 1. The van der Waals surface area contributed by atoms with Crippen molar-refractivity contribution >= 4 is 0 Å². The van der Waals surface area contributed by atoms with Gasteiger partial charge in [-0.1, -0.05) is 26.8 Å². The molecule has 128 valence electrons. The molecule has 1 atom stereocenters. The van der Waals surface area contributed by atoms with Crippen LogP contribution in [0.3, 0.4) is 0 Å². The minimum Gasteiger partial charge on any atom is -0.454 e. The van der Waals surface area contributed by atoms with Crippen LogP contribution in [-0.4, -0.2) is 17.0 Å². The Kier molecular flexibility index (Phi) is 3.19. The molecule has 7 nitrogen and oxygen atoms in total. The number of hydrogen-bond donors (Lipinski definition) is 2. The second kappa shape index (κ2) is 5.18. The molecule has 1 aromatic carbocycles. The van der Waals surface area contributed by atoms with Gasteiger partial charge in [0.15, 0.2) is 11.5 Å². The van der Waals surface area contributed by atoms with Gasteiger partial charge in [0.1, 0.15) is 11.6 Å². The summed E-state index contributed by atoms with van der Waals surface area (Å²) in [6, 6.07) is 7.83. The molecule has 0 aliphatic carbocycles. The molecule has 0 bridgehead atoms. The fourth-order valence-corrected chi connectivity index (χ4v) is 3.24. The average Bonchev–Trinajstić information content (AvgIpc) is 3.18. The first-order valence-corrected chi connectivity index (χ1v) is 7.96. The van der Waals surface area contributed by atoms with E-state index in [0.29, 0.717) is 23.0 Å². The van der Waals surface area contributed by atoms with Crippen LogP contribution in [0.1, 0.15) is 43.5 Å². The Labute approximate surface area is 145 Å². The molecule has 25 heavy (non-hydrogen) atoms. The third-order valence-corrected chi connectivity index (χ3v) is 4.42. The molecule has 0 spiro atoms. The van der Waals surface area contributed by atoms with Gasteiger partial charge in [-0.3, -0.25) is 5.10 Å². The first-order chi connectivity index (χ1) is 11.9. The number of nitrogens with one attached hydrogen (secondary N) is 1. The summed E-state index contributed by atoms with van der Waals surface area (Å²) in [5.74, 6) is 1.45. The van der Waals surface area contributed by atoms with E-state index in [4.69, 9.17) is 19.9 Å². The number of allylic oxidation sites excluding steroid dienone is 1. The highest BCUT2D eigenvalue weighted by Crippen LogP contribution is 2.47. The molecule has 7 heteroatoms. The third-order valence-electron chi connectivity index (χ3n) is 4.42. The van der Waals surface area contributed by atoms with E-state index in [1.807, 2.05) is 18.2 Å². The molecule has 0 unspecified atom stereocenters. The van der Waals surface area contributed by atoms with E-state index in [1.165, 1.54) is 0 Å². The van der Waals surface area contributed by atoms with Gasteiger partial charge >= 0.3 is 0 Å². The number of nitrogens with two attached hydrogens (primary N) is 1. The molecule has 0 saturated heterocycles. The summed E-state index contributed by atoms with van der Waals surface area (Å²) in [6.07, 6.45) is 0. The van der Waals surface area contributed by atoms with Crippen molar-refractivity contribution < 1.29 is 14.2 Å². The van der Waals surface area contributed by atoms with Crippen LogP contribution in [0.4, 0.5) is 0 Å². The van der Waals surface area contributed by atoms with Gasteiger partial charge in [0.2, 0.25) is 18.6 Å². The summed E-state index contributed by atoms with van der Waals surface area (Å²) >= 11 is 0. The summed E-state index contributed by atoms with van der Waals surface area (Å²) in [7, 11) is 0. The topological polar surface area (TPSA) is 106 Å². The maximum Gasteiger partial charge on any atom is 0.244 e. The zero-order valence-corrected chi connectivity index (χ0v) is 14.2. The van der Waals surface area contributed by atoms with Crippen LogP contribution in [-0.2, 0) is 5.41 Å². The van der Waals surface area contributed by atoms with E-state index in [2.05, 4.69) is 37.0 Å². The number of hydrogen-bond acceptors (Lipinski definition) is 6. The Morgan fingerprint density at radius 1 is 1.28 bits per heavy atom. The quantitative estimate of drug-likeness (QED) is 0.828. The molecule has 1 aromatic heterocycles. The zero-order chi connectivity index (χ0) is 17.8. The van der Waals surface area contributed by atoms with Crippen LogP contribution in [0.2, 0.25) is 0 Å². The lowest BCUT2D eigenvalue weighted by molar-refractivity contribution is 0.174. The largest absolute Gasteiger partial charge is 0.454 e. The standard InChI is InChI=1S/C18H18N4O3/c1-18(2,3)15-14-13(9-4-5-11-12(6-9)24-8-23-11)10(7-19)16(20)25-17(14)22-21-15/h4-6,13H,8,20H2,1-3H3,(H,21,22)/t13-/m0/s1. The molecule has 2 aliphatic heterocycles. The van der Waals surface area contributed by atoms with Gasteiger partial charge in [0.05, 0.1) is 11.5 Å². The SMILES string of the molecule is CC(C)(C)c1[nH]nc2c1[C@@H](c1ccc3c(c1)OCO3)C(C#N)=C(N)O2. The number of nitrogens with zero attached hydrogens (tertiary/aromatic N) is 2. The summed E-state index contributed by atoms with van der Waals surface area (Å²) in [5.41, 5.74) is 8.76. The lowest BCUT2D eigenvalue weighted by Gasteiger charge is -2.27. The lowest BCUT2D eigenvalue weighted by Crippen LogP contribution is -2.23. The van der Waals surface area contributed by atoms with Crippen molar-refractivity contribution in [3.8, 4) is 23.4 Å². The Bertz CT molecular complexity index is 931. The molecule has 2 aromatic rings. The predicted molar refractivity (Wildman–Crippen MR) is 89.2 cm³/mol. The van der Waals surface area contributed by atoms with Crippen LogP contribution in [0.25, 0.3) is 0 Å². The van der Waals surface area contributed by atoms with E-state index in [0.717, 1.165) is 16.8 Å². The number of aromatic amines is 1. The van der Waals surface area contributed by atoms with Crippen LogP contribution in [0.5, 0.6) is 17.4 Å². The normalized spacial score (nSPS) is 18.6. The number of fused-ring (bicyclic) bond motifs is 2. The van der Waals surface area contributed by atoms with Crippen molar-refractivity contribution in [2.24, 2.45) is 5.73 Å². The fraction of sp³-hybridized carbons (Fsp3) is 0.333. The summed E-state index contributed by atoms with van der Waals surface area (Å²) in [4.78, 5) is 0. The van der Waals surface area contributed by atoms with Gasteiger partial charge in [0.25, 0.3) is 0 Å². The third kappa shape index (κ3) is 2.30. The molecule has 0 fully saturated rings. The van der Waals surface area contributed by atoms with Crippen molar-refractivity contribution in [1.82, 2.24) is 10.2 Å². The number of nitriles is 1. The first-order valence-electron chi connectivity index (χ1n) is 7.96. The lowest BCUT2D eigenvalue weighted by atomic mass is 9.79. The van der Waals surface area contributed by atoms with Gasteiger partial charge in [-0.2, -0.15) is 5.26 Å². The Morgan fingerprint density at radius 3 is 2.76 bits per heavy atom. The highest BCUT2D eigenvalue weighted by atomic mass is 16.7. The molecular weight excluding hydrogens is 320 g/mol. The number of H-pyrrole nitrogens is 1. The monoisotopic (exact) mass is 338 g/mol. The fourth-order valence-electron chi connectivity index (χ4n) is 3.24. The van der Waals surface area contributed by atoms with Gasteiger partial charge in [-0.05, 0) is 17.7 Å². The van der Waals surface area contributed by atoms with Crippen LogP contribution < -0.4 is 19.9 Å². The first kappa shape index (κ1) is 15.4. The molecule has 3 heterocycles. The van der Waals surface area contributed by atoms with E-state index < -0.39 is 0 Å².